The Kier molecular flexibility index (Phi) is 4.46. The van der Waals surface area contributed by atoms with Crippen LogP contribution in [0, 0.1) is 5.41 Å². The highest BCUT2D eigenvalue weighted by Crippen LogP contribution is 1.95. The number of nitrogens with one attached hydrogen (secondary N) is 1. The lowest BCUT2D eigenvalue weighted by atomic mass is 10.2. The molecule has 5 nitrogen and oxygen atoms in total. The Morgan fingerprint density at radius 3 is 2.50 bits per heavy atom. The predicted octanol–water partition coefficient (Wildman–Crippen LogP) is -0.304. The molecule has 6 heteroatoms. The average molecular weight is 194 g/mol. The zero-order chi connectivity index (χ0) is 9.72. The monoisotopic (exact) mass is 193 g/mol. The summed E-state index contributed by atoms with van der Waals surface area (Å²) in [5.74, 6) is -2.25. The molecule has 12 heavy (non-hydrogen) atoms. The minimum Gasteiger partial charge on any atom is -0.464 e. The van der Waals surface area contributed by atoms with Gasteiger partial charge < -0.3 is 9.84 Å². The lowest BCUT2D eigenvalue weighted by Crippen LogP contribution is -2.34. The van der Waals surface area contributed by atoms with E-state index < -0.39 is 23.0 Å². The third-order valence-corrected chi connectivity index (χ3v) is 1.16. The van der Waals surface area contributed by atoms with Crippen LogP contribution >= 0.6 is 11.6 Å². The van der Waals surface area contributed by atoms with Crippen LogP contribution in [-0.4, -0.2) is 34.7 Å². The fourth-order valence-corrected chi connectivity index (χ4v) is 0.552. The van der Waals surface area contributed by atoms with Crippen LogP contribution in [0.25, 0.3) is 0 Å². The van der Waals surface area contributed by atoms with Crippen molar-refractivity contribution in [1.82, 2.24) is 0 Å². The number of esters is 1. The lowest BCUT2D eigenvalue weighted by molar-refractivity contribution is -0.155. The van der Waals surface area contributed by atoms with Crippen molar-refractivity contribution in [3.63, 3.8) is 0 Å². The molecule has 0 rings (SSSR count). The zero-order valence-corrected chi connectivity index (χ0v) is 7.09. The molecule has 1 unspecified atom stereocenters. The number of aliphatic hydroxyl groups is 1. The molecule has 0 amide bonds. The number of hydrogen-bond donors (Lipinski definition) is 2. The van der Waals surface area contributed by atoms with E-state index in [0.717, 1.165) is 0 Å². The van der Waals surface area contributed by atoms with Gasteiger partial charge in [0.05, 0.1) is 6.61 Å². The minimum absolute atomic E-state index is 0.0544. The van der Waals surface area contributed by atoms with Gasteiger partial charge in [-0.2, -0.15) is 0 Å². The first-order valence-corrected chi connectivity index (χ1v) is 3.51. The van der Waals surface area contributed by atoms with E-state index in [4.69, 9.17) is 22.1 Å². The molecule has 0 aliphatic carbocycles. The summed E-state index contributed by atoms with van der Waals surface area (Å²) in [4.78, 5) is 21.3. The van der Waals surface area contributed by atoms with Gasteiger partial charge in [0, 0.05) is 0 Å². The van der Waals surface area contributed by atoms with Gasteiger partial charge in [-0.3, -0.25) is 10.2 Å². The van der Waals surface area contributed by atoms with Crippen molar-refractivity contribution in [2.24, 2.45) is 0 Å². The highest BCUT2D eigenvalue weighted by Gasteiger charge is 2.27. The maximum Gasteiger partial charge on any atom is 0.343 e. The second kappa shape index (κ2) is 4.84. The van der Waals surface area contributed by atoms with Crippen molar-refractivity contribution < 1.29 is 19.4 Å². The number of Topliss-reactive ketones (excluding diaryl/α,β-unsaturated/α-hetero) is 1. The topological polar surface area (TPSA) is 87.5 Å². The molecule has 0 aromatic carbocycles. The van der Waals surface area contributed by atoms with Gasteiger partial charge in [-0.15, -0.1) is 0 Å². The standard InChI is InChI=1S/C6H8ClNO4/c1-2-12-6(11)4(10)3(9)5(7)8/h4,8,10H,2H2,1H3. The van der Waals surface area contributed by atoms with Crippen molar-refractivity contribution in [3.05, 3.63) is 0 Å². The van der Waals surface area contributed by atoms with Crippen LogP contribution in [0.5, 0.6) is 0 Å². The first kappa shape index (κ1) is 11.1. The van der Waals surface area contributed by atoms with Crippen LogP contribution in [-0.2, 0) is 14.3 Å². The third-order valence-electron chi connectivity index (χ3n) is 0.975. The van der Waals surface area contributed by atoms with Gasteiger partial charge in [0.2, 0.25) is 11.9 Å². The summed E-state index contributed by atoms with van der Waals surface area (Å²) in [6.07, 6.45) is -1.98. The Hall–Kier alpha value is -0.940. The van der Waals surface area contributed by atoms with Gasteiger partial charge >= 0.3 is 5.97 Å². The predicted molar refractivity (Wildman–Crippen MR) is 41.2 cm³/mol. The van der Waals surface area contributed by atoms with E-state index >= 15 is 0 Å². The van der Waals surface area contributed by atoms with Crippen LogP contribution in [0.1, 0.15) is 6.92 Å². The molecule has 0 aromatic rings. The summed E-state index contributed by atoms with van der Waals surface area (Å²) in [5.41, 5.74) is 0. The van der Waals surface area contributed by atoms with Crippen molar-refractivity contribution in [3.8, 4) is 0 Å². The number of hydrogen-bond acceptors (Lipinski definition) is 5. The van der Waals surface area contributed by atoms with Gasteiger partial charge in [-0.1, -0.05) is 11.6 Å². The van der Waals surface area contributed by atoms with Gasteiger partial charge in [-0.25, -0.2) is 4.79 Å². The number of aliphatic hydroxyl groups excluding tert-OH is 1. The Balaban J connectivity index is 4.19. The highest BCUT2D eigenvalue weighted by molar-refractivity contribution is 6.83. The quantitative estimate of drug-likeness (QED) is 0.364. The maximum absolute atomic E-state index is 10.7. The van der Waals surface area contributed by atoms with E-state index in [1.807, 2.05) is 0 Å². The van der Waals surface area contributed by atoms with E-state index in [1.165, 1.54) is 6.92 Å². The molecule has 0 aliphatic heterocycles. The van der Waals surface area contributed by atoms with E-state index in [1.54, 1.807) is 0 Å². The van der Waals surface area contributed by atoms with E-state index in [-0.39, 0.29) is 6.61 Å². The SMILES string of the molecule is CCOC(=O)C(O)C(=O)C(=N)Cl. The summed E-state index contributed by atoms with van der Waals surface area (Å²) < 4.78 is 4.31. The second-order valence-corrected chi connectivity index (χ2v) is 2.21. The number of halogens is 1. The molecule has 0 aromatic heterocycles. The van der Waals surface area contributed by atoms with Gasteiger partial charge in [-0.05, 0) is 6.92 Å². The molecule has 0 saturated carbocycles. The number of rotatable bonds is 4. The fraction of sp³-hybridized carbons (Fsp3) is 0.500. The minimum atomic E-state index is -1.98. The number of ether oxygens (including phenoxy) is 1. The summed E-state index contributed by atoms with van der Waals surface area (Å²) in [6, 6.07) is 0. The van der Waals surface area contributed by atoms with Crippen LogP contribution in [0.15, 0.2) is 0 Å². The first-order chi connectivity index (χ1) is 5.50. The molecular formula is C6H8ClNO4. The van der Waals surface area contributed by atoms with Gasteiger partial charge in [0.25, 0.3) is 0 Å². The van der Waals surface area contributed by atoms with E-state index in [2.05, 4.69) is 4.74 Å². The van der Waals surface area contributed by atoms with Crippen LogP contribution < -0.4 is 0 Å². The molecule has 0 fully saturated rings. The Bertz CT molecular complexity index is 216. The van der Waals surface area contributed by atoms with Crippen molar-refractivity contribution >= 4 is 28.5 Å². The van der Waals surface area contributed by atoms with Crippen molar-refractivity contribution in [2.75, 3.05) is 6.61 Å². The number of carbonyl (C=O) groups is 2. The van der Waals surface area contributed by atoms with E-state index in [0.29, 0.717) is 0 Å². The molecule has 0 radical (unpaired) electrons. The average Bonchev–Trinajstić information content (AvgIpc) is 2.02. The fourth-order valence-electron chi connectivity index (χ4n) is 0.448. The normalized spacial score (nSPS) is 11.9. The summed E-state index contributed by atoms with van der Waals surface area (Å²) >= 11 is 4.93. The largest absolute Gasteiger partial charge is 0.464 e. The number of carbonyl (C=O) groups excluding carboxylic acids is 2. The van der Waals surface area contributed by atoms with Crippen molar-refractivity contribution in [1.29, 1.82) is 5.41 Å². The first-order valence-electron chi connectivity index (χ1n) is 3.13. The summed E-state index contributed by atoms with van der Waals surface area (Å²) in [6.45, 7) is 1.58. The van der Waals surface area contributed by atoms with Crippen LogP contribution in [0.2, 0.25) is 0 Å². The van der Waals surface area contributed by atoms with Crippen LogP contribution in [0.4, 0.5) is 0 Å². The third kappa shape index (κ3) is 2.98. The molecule has 2 N–H and O–H groups in total. The lowest BCUT2D eigenvalue weighted by Gasteiger charge is -2.05. The van der Waals surface area contributed by atoms with Gasteiger partial charge in [0.1, 0.15) is 0 Å². The second-order valence-electron chi connectivity index (χ2n) is 1.83. The number of ketones is 1. The molecule has 0 heterocycles. The van der Waals surface area contributed by atoms with Crippen molar-refractivity contribution in [2.45, 2.75) is 13.0 Å². The molecule has 0 bridgehead atoms. The summed E-state index contributed by atoms with van der Waals surface area (Å²) in [7, 11) is 0. The van der Waals surface area contributed by atoms with Crippen LogP contribution in [0.3, 0.4) is 0 Å². The molecule has 0 saturated heterocycles. The van der Waals surface area contributed by atoms with E-state index in [9.17, 15) is 9.59 Å². The molecule has 1 atom stereocenters. The Morgan fingerprint density at radius 1 is 1.67 bits per heavy atom. The molecular weight excluding hydrogens is 186 g/mol. The Morgan fingerprint density at radius 2 is 2.17 bits per heavy atom. The Labute approximate surface area is 73.8 Å². The smallest absolute Gasteiger partial charge is 0.343 e. The molecule has 0 aliphatic rings. The molecule has 68 valence electrons. The zero-order valence-electron chi connectivity index (χ0n) is 6.33. The molecule has 0 spiro atoms. The maximum atomic E-state index is 10.7. The highest BCUT2D eigenvalue weighted by atomic mass is 35.5. The van der Waals surface area contributed by atoms with Gasteiger partial charge in [0.15, 0.2) is 5.17 Å². The summed E-state index contributed by atoms with van der Waals surface area (Å²) in [5, 5.41) is 14.5.